The topological polar surface area (TPSA) is 104 Å². The lowest BCUT2D eigenvalue weighted by Crippen LogP contribution is -2.51. The minimum absolute atomic E-state index is 0.0136. The SMILES string of the molecule is CC(C)NC(=O)[C@H](Cc1ccccc1)N(Cc1ccccc1)C(=O)CCCN1C(=O)c2ccccc2S1(=O)=O. The zero-order valence-electron chi connectivity index (χ0n) is 22.1. The van der Waals surface area contributed by atoms with Gasteiger partial charge >= 0.3 is 0 Å². The largest absolute Gasteiger partial charge is 0.352 e. The van der Waals surface area contributed by atoms with Gasteiger partial charge in [-0.05, 0) is 43.5 Å². The van der Waals surface area contributed by atoms with Crippen LogP contribution in [0.5, 0.6) is 0 Å². The zero-order valence-corrected chi connectivity index (χ0v) is 22.9. The number of carbonyl (C=O) groups is 3. The first-order valence-corrected chi connectivity index (χ1v) is 14.5. The summed E-state index contributed by atoms with van der Waals surface area (Å²) in [7, 11) is -3.95. The number of benzene rings is 3. The Kier molecular flexibility index (Phi) is 8.81. The maximum atomic E-state index is 13.7. The molecule has 39 heavy (non-hydrogen) atoms. The molecule has 204 valence electrons. The summed E-state index contributed by atoms with van der Waals surface area (Å²) in [4.78, 5) is 41.4. The summed E-state index contributed by atoms with van der Waals surface area (Å²) in [5.74, 6) is -1.14. The summed E-state index contributed by atoms with van der Waals surface area (Å²) >= 11 is 0. The Hall–Kier alpha value is -3.98. The van der Waals surface area contributed by atoms with Gasteiger partial charge in [0.1, 0.15) is 10.9 Å². The molecular weight excluding hydrogens is 514 g/mol. The average molecular weight is 548 g/mol. The Morgan fingerprint density at radius 3 is 2.08 bits per heavy atom. The molecule has 3 aromatic rings. The first-order valence-electron chi connectivity index (χ1n) is 13.0. The molecule has 0 aromatic heterocycles. The van der Waals surface area contributed by atoms with E-state index < -0.39 is 22.0 Å². The van der Waals surface area contributed by atoms with Crippen molar-refractivity contribution in [1.29, 1.82) is 0 Å². The molecule has 0 saturated heterocycles. The van der Waals surface area contributed by atoms with Gasteiger partial charge in [0.05, 0.1) is 5.56 Å². The van der Waals surface area contributed by atoms with E-state index in [0.29, 0.717) is 6.42 Å². The van der Waals surface area contributed by atoms with E-state index in [2.05, 4.69) is 5.32 Å². The number of fused-ring (bicyclic) bond motifs is 1. The summed E-state index contributed by atoms with van der Waals surface area (Å²) in [5.41, 5.74) is 1.93. The van der Waals surface area contributed by atoms with E-state index in [1.54, 1.807) is 17.0 Å². The number of nitrogens with one attached hydrogen (secondary N) is 1. The third kappa shape index (κ3) is 6.54. The second-order valence-corrected chi connectivity index (χ2v) is 11.7. The molecule has 3 amide bonds. The van der Waals surface area contributed by atoms with Gasteiger partial charge in [-0.15, -0.1) is 0 Å². The van der Waals surface area contributed by atoms with Crippen molar-refractivity contribution in [2.45, 2.75) is 56.6 Å². The van der Waals surface area contributed by atoms with Crippen molar-refractivity contribution in [3.8, 4) is 0 Å². The quantitative estimate of drug-likeness (QED) is 0.394. The zero-order chi connectivity index (χ0) is 28.0. The monoisotopic (exact) mass is 547 g/mol. The maximum absolute atomic E-state index is 13.7. The van der Waals surface area contributed by atoms with Gasteiger partial charge in [0.25, 0.3) is 15.9 Å². The van der Waals surface area contributed by atoms with Crippen molar-refractivity contribution in [3.63, 3.8) is 0 Å². The number of carbonyl (C=O) groups excluding carboxylic acids is 3. The highest BCUT2D eigenvalue weighted by Gasteiger charge is 2.40. The molecule has 0 bridgehead atoms. The minimum atomic E-state index is -3.95. The van der Waals surface area contributed by atoms with Crippen LogP contribution < -0.4 is 5.32 Å². The fourth-order valence-electron chi connectivity index (χ4n) is 4.68. The van der Waals surface area contributed by atoms with E-state index in [-0.39, 0.29) is 54.2 Å². The van der Waals surface area contributed by atoms with Gasteiger partial charge in [0.2, 0.25) is 11.8 Å². The van der Waals surface area contributed by atoms with Crippen LogP contribution in [0.3, 0.4) is 0 Å². The number of rotatable bonds is 11. The predicted molar refractivity (Wildman–Crippen MR) is 148 cm³/mol. The fourth-order valence-corrected chi connectivity index (χ4v) is 6.29. The third-order valence-corrected chi connectivity index (χ3v) is 8.40. The minimum Gasteiger partial charge on any atom is -0.352 e. The van der Waals surface area contributed by atoms with E-state index >= 15 is 0 Å². The number of amides is 3. The normalized spacial score (nSPS) is 14.6. The average Bonchev–Trinajstić information content (AvgIpc) is 3.12. The highest BCUT2D eigenvalue weighted by molar-refractivity contribution is 7.90. The molecule has 1 aliphatic rings. The van der Waals surface area contributed by atoms with Gasteiger partial charge < -0.3 is 10.2 Å². The summed E-state index contributed by atoms with van der Waals surface area (Å²) < 4.78 is 26.6. The van der Waals surface area contributed by atoms with Crippen LogP contribution in [-0.4, -0.2) is 54.0 Å². The summed E-state index contributed by atoms with van der Waals surface area (Å²) in [6.07, 6.45) is 0.432. The van der Waals surface area contributed by atoms with Crippen molar-refractivity contribution in [2.75, 3.05) is 6.54 Å². The first kappa shape index (κ1) is 28.0. The van der Waals surface area contributed by atoms with E-state index in [0.717, 1.165) is 15.4 Å². The fraction of sp³-hybridized carbons (Fsp3) is 0.300. The Balaban J connectivity index is 1.55. The molecule has 4 rings (SSSR count). The molecule has 0 aliphatic carbocycles. The van der Waals surface area contributed by atoms with Crippen molar-refractivity contribution < 1.29 is 22.8 Å². The van der Waals surface area contributed by atoms with Crippen molar-refractivity contribution in [2.24, 2.45) is 0 Å². The molecule has 1 aliphatic heterocycles. The summed E-state index contributed by atoms with van der Waals surface area (Å²) in [6, 6.07) is 24.2. The highest BCUT2D eigenvalue weighted by atomic mass is 32.2. The van der Waals surface area contributed by atoms with Crippen molar-refractivity contribution in [1.82, 2.24) is 14.5 Å². The lowest BCUT2D eigenvalue weighted by molar-refractivity contribution is -0.141. The van der Waals surface area contributed by atoms with Crippen LogP contribution in [0, 0.1) is 0 Å². The molecule has 3 aromatic carbocycles. The predicted octanol–water partition coefficient (Wildman–Crippen LogP) is 3.78. The van der Waals surface area contributed by atoms with Crippen LogP contribution in [0.2, 0.25) is 0 Å². The molecular formula is C30H33N3O5S. The van der Waals surface area contributed by atoms with Crippen LogP contribution in [0.4, 0.5) is 0 Å². The summed E-state index contributed by atoms with van der Waals surface area (Å²) in [6.45, 7) is 3.83. The van der Waals surface area contributed by atoms with Crippen LogP contribution in [0.15, 0.2) is 89.8 Å². The number of hydrogen-bond donors (Lipinski definition) is 1. The maximum Gasteiger partial charge on any atom is 0.269 e. The van der Waals surface area contributed by atoms with Gasteiger partial charge in [-0.3, -0.25) is 14.4 Å². The van der Waals surface area contributed by atoms with Gasteiger partial charge in [0, 0.05) is 32.0 Å². The molecule has 8 nitrogen and oxygen atoms in total. The third-order valence-electron chi connectivity index (χ3n) is 6.56. The highest BCUT2D eigenvalue weighted by Crippen LogP contribution is 2.30. The van der Waals surface area contributed by atoms with Crippen LogP contribution in [0.1, 0.15) is 48.2 Å². The van der Waals surface area contributed by atoms with E-state index in [1.165, 1.54) is 12.1 Å². The van der Waals surface area contributed by atoms with Crippen molar-refractivity contribution in [3.05, 3.63) is 102 Å². The molecule has 0 unspecified atom stereocenters. The van der Waals surface area contributed by atoms with Crippen LogP contribution in [0.25, 0.3) is 0 Å². The number of nitrogens with zero attached hydrogens (tertiary/aromatic N) is 2. The molecule has 1 atom stereocenters. The Morgan fingerprint density at radius 2 is 1.46 bits per heavy atom. The standard InChI is InChI=1S/C30H33N3O5S/c1-22(2)31-29(35)26(20-23-12-5-3-6-13-23)32(21-24-14-7-4-8-15-24)28(34)18-11-19-33-30(36)25-16-9-10-17-27(25)39(33,37)38/h3-10,12-17,22,26H,11,18-21H2,1-2H3,(H,31,35)/t26-/m0/s1. The van der Waals surface area contributed by atoms with Gasteiger partial charge in [-0.25, -0.2) is 12.7 Å². The lowest BCUT2D eigenvalue weighted by atomic mass is 10.0. The van der Waals surface area contributed by atoms with Crippen LogP contribution in [-0.2, 0) is 32.6 Å². The lowest BCUT2D eigenvalue weighted by Gasteiger charge is -2.32. The molecule has 1 heterocycles. The van der Waals surface area contributed by atoms with Gasteiger partial charge in [0.15, 0.2) is 0 Å². The smallest absolute Gasteiger partial charge is 0.269 e. The molecule has 0 saturated carbocycles. The van der Waals surface area contributed by atoms with E-state index in [9.17, 15) is 22.8 Å². The van der Waals surface area contributed by atoms with E-state index in [1.807, 2.05) is 74.5 Å². The van der Waals surface area contributed by atoms with Crippen molar-refractivity contribution >= 4 is 27.7 Å². The van der Waals surface area contributed by atoms with Gasteiger partial charge in [-0.1, -0.05) is 72.8 Å². The Morgan fingerprint density at radius 1 is 0.872 bits per heavy atom. The molecule has 0 radical (unpaired) electrons. The van der Waals surface area contributed by atoms with Gasteiger partial charge in [-0.2, -0.15) is 0 Å². The molecule has 0 spiro atoms. The molecule has 1 N–H and O–H groups in total. The second kappa shape index (κ2) is 12.3. The summed E-state index contributed by atoms with van der Waals surface area (Å²) in [5, 5.41) is 2.95. The van der Waals surface area contributed by atoms with E-state index in [4.69, 9.17) is 0 Å². The van der Waals surface area contributed by atoms with Crippen LogP contribution >= 0.6 is 0 Å². The first-order chi connectivity index (χ1) is 18.7. The number of sulfonamides is 1. The molecule has 9 heteroatoms. The second-order valence-electron chi connectivity index (χ2n) is 9.86. The molecule has 0 fully saturated rings. The Labute approximate surface area is 229 Å². The Bertz CT molecular complexity index is 1430. The number of hydrogen-bond acceptors (Lipinski definition) is 5.